The number of benzene rings is 1. The SMILES string of the molecule is CC(=O)O[C@H]1[C@@H](O)C2=C(C(=O)c3ccc([C@H]4C[C@@H](O)[C@H](O)[C@@H](C)O4)c(O)c3C2=O)[C@]2(O)[C@@H](O)C=C(C)C[C@]12O. The maximum Gasteiger partial charge on any atom is 0.303 e. The van der Waals surface area contributed by atoms with E-state index in [0.717, 1.165) is 6.92 Å². The molecule has 1 aliphatic heterocycles. The minimum absolute atomic E-state index is 0.0325. The normalized spacial score (nSPS) is 39.9. The first-order valence-corrected chi connectivity index (χ1v) is 12.5. The van der Waals surface area contributed by atoms with E-state index in [4.69, 9.17) is 9.47 Å². The number of carbonyl (C=O) groups excluding carboxylic acids is 3. The number of hydrogen-bond donors (Lipinski definition) is 7. The van der Waals surface area contributed by atoms with Crippen molar-refractivity contribution in [2.75, 3.05) is 0 Å². The minimum Gasteiger partial charge on any atom is -0.507 e. The third-order valence-corrected chi connectivity index (χ3v) is 8.28. The molecule has 1 aromatic rings. The number of phenolic OH excluding ortho intramolecular Hbond substituents is 1. The molecule has 0 amide bonds. The Kier molecular flexibility index (Phi) is 6.39. The molecular formula is C27H30O12. The molecule has 3 aliphatic carbocycles. The second-order valence-electron chi connectivity index (χ2n) is 10.8. The zero-order valence-corrected chi connectivity index (χ0v) is 21.4. The fourth-order valence-electron chi connectivity index (χ4n) is 6.42. The van der Waals surface area contributed by atoms with Crippen molar-refractivity contribution in [2.45, 2.75) is 87.5 Å². The van der Waals surface area contributed by atoms with Gasteiger partial charge in [-0.3, -0.25) is 14.4 Å². The van der Waals surface area contributed by atoms with Gasteiger partial charge in [0.2, 0.25) is 0 Å². The van der Waals surface area contributed by atoms with Crippen LogP contribution in [0.4, 0.5) is 0 Å². The lowest BCUT2D eigenvalue weighted by atomic mass is 9.55. The van der Waals surface area contributed by atoms with Crippen LogP contribution >= 0.6 is 0 Å². The number of hydrogen-bond acceptors (Lipinski definition) is 12. The Hall–Kier alpha value is -2.97. The minimum atomic E-state index is -2.86. The molecule has 0 bridgehead atoms. The number of ketones is 2. The first-order chi connectivity index (χ1) is 18.1. The van der Waals surface area contributed by atoms with Gasteiger partial charge in [0.25, 0.3) is 0 Å². The van der Waals surface area contributed by atoms with Crippen molar-refractivity contribution < 1.29 is 59.6 Å². The monoisotopic (exact) mass is 546 g/mol. The highest BCUT2D eigenvalue weighted by molar-refractivity contribution is 6.29. The fourth-order valence-corrected chi connectivity index (χ4v) is 6.42. The zero-order valence-electron chi connectivity index (χ0n) is 21.4. The van der Waals surface area contributed by atoms with Gasteiger partial charge in [0.1, 0.15) is 29.7 Å². The highest BCUT2D eigenvalue weighted by Crippen LogP contribution is 2.54. The van der Waals surface area contributed by atoms with Crippen LogP contribution in [0.25, 0.3) is 0 Å². The number of Topliss-reactive ketones (excluding diaryl/α,β-unsaturated/α-hetero) is 2. The molecule has 0 saturated carbocycles. The summed E-state index contributed by atoms with van der Waals surface area (Å²) in [6.07, 6.45) is -9.49. The predicted octanol–water partition coefficient (Wildman–Crippen LogP) is -0.881. The Morgan fingerprint density at radius 2 is 1.77 bits per heavy atom. The van der Waals surface area contributed by atoms with Crippen LogP contribution in [-0.4, -0.2) is 101 Å². The topological polar surface area (TPSA) is 211 Å². The number of aliphatic hydroxyl groups excluding tert-OH is 4. The average Bonchev–Trinajstić information content (AvgIpc) is 2.84. The van der Waals surface area contributed by atoms with Gasteiger partial charge in [-0.1, -0.05) is 17.7 Å². The van der Waals surface area contributed by atoms with E-state index in [9.17, 15) is 50.1 Å². The summed E-state index contributed by atoms with van der Waals surface area (Å²) < 4.78 is 10.9. The molecule has 0 spiro atoms. The van der Waals surface area contributed by atoms with E-state index in [1.54, 1.807) is 0 Å². The largest absolute Gasteiger partial charge is 0.507 e. The molecule has 1 heterocycles. The molecule has 1 aromatic carbocycles. The van der Waals surface area contributed by atoms with Gasteiger partial charge in [0, 0.05) is 42.0 Å². The van der Waals surface area contributed by atoms with Crippen molar-refractivity contribution in [3.05, 3.63) is 51.6 Å². The zero-order chi connectivity index (χ0) is 28.8. The van der Waals surface area contributed by atoms with E-state index in [-0.39, 0.29) is 17.5 Å². The summed E-state index contributed by atoms with van der Waals surface area (Å²) in [5.41, 5.74) is -7.44. The number of fused-ring (bicyclic) bond motifs is 3. The molecule has 12 nitrogen and oxygen atoms in total. The quantitative estimate of drug-likeness (QED) is 0.178. The smallest absolute Gasteiger partial charge is 0.303 e. The molecule has 0 unspecified atom stereocenters. The van der Waals surface area contributed by atoms with Crippen LogP contribution in [0.5, 0.6) is 5.75 Å². The van der Waals surface area contributed by atoms with Crippen molar-refractivity contribution in [1.82, 2.24) is 0 Å². The van der Waals surface area contributed by atoms with Crippen LogP contribution in [0.15, 0.2) is 34.9 Å². The van der Waals surface area contributed by atoms with Gasteiger partial charge < -0.3 is 45.2 Å². The highest BCUT2D eigenvalue weighted by atomic mass is 16.6. The second-order valence-corrected chi connectivity index (χ2v) is 10.8. The van der Waals surface area contributed by atoms with Crippen molar-refractivity contribution in [1.29, 1.82) is 0 Å². The summed E-state index contributed by atoms with van der Waals surface area (Å²) in [6.45, 7) is 4.02. The number of phenols is 1. The molecule has 5 rings (SSSR count). The standard InChI is InChI=1S/C27H30O12/c1-9-6-16(30)27(37)19-18(24(35)25(39-11(3)28)26(27,36)8-9)23(34)17-13(22(19)33)5-4-12(21(17)32)15-7-14(29)20(31)10(2)38-15/h4-6,10,14-16,20,24-25,29-32,35-37H,7-8H2,1-3H3/t10-,14-,15-,16+,20-,24+,25+,26+,27-/m1/s1. The van der Waals surface area contributed by atoms with Gasteiger partial charge in [-0.15, -0.1) is 0 Å². The summed E-state index contributed by atoms with van der Waals surface area (Å²) in [7, 11) is 0. The number of rotatable bonds is 2. The van der Waals surface area contributed by atoms with E-state index in [0.29, 0.717) is 5.57 Å². The van der Waals surface area contributed by atoms with Crippen molar-refractivity contribution in [3.63, 3.8) is 0 Å². The Morgan fingerprint density at radius 1 is 1.10 bits per heavy atom. The van der Waals surface area contributed by atoms with Crippen LogP contribution in [0, 0.1) is 0 Å². The Balaban J connectivity index is 1.70. The number of aromatic hydroxyl groups is 1. The Labute approximate surface area is 222 Å². The van der Waals surface area contributed by atoms with Crippen LogP contribution in [-0.2, 0) is 14.3 Å². The van der Waals surface area contributed by atoms with E-state index in [1.807, 2.05) is 0 Å². The molecule has 39 heavy (non-hydrogen) atoms. The first kappa shape index (κ1) is 27.6. The van der Waals surface area contributed by atoms with Crippen LogP contribution in [0.1, 0.15) is 66.0 Å². The maximum absolute atomic E-state index is 13.9. The molecule has 1 saturated heterocycles. The van der Waals surface area contributed by atoms with Gasteiger partial charge in [-0.05, 0) is 19.9 Å². The third-order valence-electron chi connectivity index (χ3n) is 8.28. The molecule has 7 N–H and O–H groups in total. The summed E-state index contributed by atoms with van der Waals surface area (Å²) in [4.78, 5) is 39.6. The molecular weight excluding hydrogens is 516 g/mol. The van der Waals surface area contributed by atoms with Crippen molar-refractivity contribution in [3.8, 4) is 5.75 Å². The molecule has 4 aliphatic rings. The number of esters is 1. The summed E-state index contributed by atoms with van der Waals surface area (Å²) in [6, 6.07) is 2.49. The highest BCUT2D eigenvalue weighted by Gasteiger charge is 2.70. The average molecular weight is 547 g/mol. The van der Waals surface area contributed by atoms with E-state index >= 15 is 0 Å². The lowest BCUT2D eigenvalue weighted by Crippen LogP contribution is -2.75. The lowest BCUT2D eigenvalue weighted by molar-refractivity contribution is -0.246. The maximum atomic E-state index is 13.9. The molecule has 210 valence electrons. The molecule has 12 heteroatoms. The van der Waals surface area contributed by atoms with Crippen LogP contribution in [0.2, 0.25) is 0 Å². The van der Waals surface area contributed by atoms with Crippen LogP contribution in [0.3, 0.4) is 0 Å². The lowest BCUT2D eigenvalue weighted by Gasteiger charge is -2.56. The molecule has 0 radical (unpaired) electrons. The molecule has 1 fully saturated rings. The second kappa shape index (κ2) is 9.03. The summed E-state index contributed by atoms with van der Waals surface area (Å²) in [5, 5.41) is 77.2. The number of carbonyl (C=O) groups is 3. The number of ether oxygens (including phenoxy) is 2. The van der Waals surface area contributed by atoms with E-state index < -0.39 is 100 Å². The fraction of sp³-hybridized carbons (Fsp3) is 0.519. The van der Waals surface area contributed by atoms with Crippen molar-refractivity contribution >= 4 is 17.5 Å². The van der Waals surface area contributed by atoms with Crippen LogP contribution < -0.4 is 0 Å². The summed E-state index contributed by atoms with van der Waals surface area (Å²) in [5.74, 6) is -3.78. The summed E-state index contributed by atoms with van der Waals surface area (Å²) >= 11 is 0. The third kappa shape index (κ3) is 3.67. The molecule has 9 atom stereocenters. The Morgan fingerprint density at radius 3 is 2.38 bits per heavy atom. The van der Waals surface area contributed by atoms with Gasteiger partial charge in [-0.2, -0.15) is 0 Å². The van der Waals surface area contributed by atoms with Crippen molar-refractivity contribution in [2.24, 2.45) is 0 Å². The number of aliphatic hydroxyl groups is 6. The van der Waals surface area contributed by atoms with Gasteiger partial charge in [-0.25, -0.2) is 0 Å². The van der Waals surface area contributed by atoms with Gasteiger partial charge in [0.15, 0.2) is 23.3 Å². The molecule has 0 aromatic heterocycles. The first-order valence-electron chi connectivity index (χ1n) is 12.5. The van der Waals surface area contributed by atoms with Gasteiger partial charge in [0.05, 0.1) is 23.9 Å². The van der Waals surface area contributed by atoms with E-state index in [1.165, 1.54) is 32.1 Å². The Bertz CT molecular complexity index is 1330. The van der Waals surface area contributed by atoms with Gasteiger partial charge >= 0.3 is 5.97 Å². The predicted molar refractivity (Wildman–Crippen MR) is 130 cm³/mol. The van der Waals surface area contributed by atoms with E-state index in [2.05, 4.69) is 0 Å².